The maximum Gasteiger partial charge on any atom is 0.252 e. The molecule has 0 saturated carbocycles. The van der Waals surface area contributed by atoms with E-state index in [1.54, 1.807) is 6.07 Å². The molecular weight excluding hydrogens is 396 g/mol. The van der Waals surface area contributed by atoms with Crippen molar-refractivity contribution in [3.63, 3.8) is 0 Å². The number of benzene rings is 2. The minimum absolute atomic E-state index is 0.0394. The van der Waals surface area contributed by atoms with Gasteiger partial charge in [-0.15, -0.1) is 10.2 Å². The predicted molar refractivity (Wildman–Crippen MR) is 121 cm³/mol. The molecule has 2 amide bonds. The van der Waals surface area contributed by atoms with Crippen molar-refractivity contribution in [1.29, 1.82) is 0 Å². The van der Waals surface area contributed by atoms with Gasteiger partial charge in [0.15, 0.2) is 0 Å². The highest BCUT2D eigenvalue weighted by Gasteiger charge is 2.27. The first kappa shape index (κ1) is 21.6. The molecule has 1 heterocycles. The molecule has 0 bridgehead atoms. The molecule has 2 unspecified atom stereocenters. The van der Waals surface area contributed by atoms with Crippen molar-refractivity contribution in [1.82, 2.24) is 15.5 Å². The van der Waals surface area contributed by atoms with E-state index < -0.39 is 6.04 Å². The van der Waals surface area contributed by atoms with Gasteiger partial charge >= 0.3 is 0 Å². The number of carbonyl (C=O) groups excluding carboxylic acids is 2. The molecule has 3 rings (SSSR count). The summed E-state index contributed by atoms with van der Waals surface area (Å²) < 4.78 is 0. The maximum absolute atomic E-state index is 13.0. The molecule has 156 valence electrons. The van der Waals surface area contributed by atoms with Crippen LogP contribution in [0.1, 0.15) is 41.8 Å². The number of anilines is 1. The van der Waals surface area contributed by atoms with Crippen LogP contribution in [-0.4, -0.2) is 28.1 Å². The number of aryl methyl sites for hydroxylation is 2. The number of nitrogens with one attached hydrogen (secondary N) is 2. The van der Waals surface area contributed by atoms with Crippen molar-refractivity contribution in [3.8, 4) is 10.6 Å². The summed E-state index contributed by atoms with van der Waals surface area (Å²) in [6, 6.07) is 14.6. The Hall–Kier alpha value is -3.06. The minimum atomic E-state index is -0.672. The maximum atomic E-state index is 13.0. The van der Waals surface area contributed by atoms with Crippen molar-refractivity contribution < 1.29 is 9.59 Å². The highest BCUT2D eigenvalue weighted by Crippen LogP contribution is 2.27. The number of hydrogen-bond acceptors (Lipinski definition) is 5. The lowest BCUT2D eigenvalue weighted by molar-refractivity contribution is -0.119. The summed E-state index contributed by atoms with van der Waals surface area (Å²) in [4.78, 5) is 25.7. The minimum Gasteiger partial charge on any atom is -0.340 e. The summed E-state index contributed by atoms with van der Waals surface area (Å²) in [5.41, 5.74) is 3.55. The standard InChI is InChI=1S/C23H26N4O2S/c1-5-15(3)19(24-20(28)18-9-7-6-8-16(18)4)21(29)25-23-27-26-22(30-23)17-12-10-14(2)11-13-17/h6-13,15,19H,5H2,1-4H3,(H,24,28)(H,25,27,29). The number of carbonyl (C=O) groups is 2. The number of aromatic nitrogens is 2. The average molecular weight is 423 g/mol. The highest BCUT2D eigenvalue weighted by molar-refractivity contribution is 7.18. The van der Waals surface area contributed by atoms with Gasteiger partial charge in [-0.2, -0.15) is 0 Å². The number of rotatable bonds is 7. The van der Waals surface area contributed by atoms with Gasteiger partial charge in [-0.05, 0) is 31.4 Å². The summed E-state index contributed by atoms with van der Waals surface area (Å²) in [7, 11) is 0. The second-order valence-corrected chi connectivity index (χ2v) is 8.40. The summed E-state index contributed by atoms with van der Waals surface area (Å²) in [6.07, 6.45) is 0.747. The summed E-state index contributed by atoms with van der Waals surface area (Å²) in [5.74, 6) is -0.591. The summed E-state index contributed by atoms with van der Waals surface area (Å²) in [5, 5.41) is 15.1. The van der Waals surface area contributed by atoms with Crippen molar-refractivity contribution in [2.45, 2.75) is 40.2 Å². The van der Waals surface area contributed by atoms with E-state index >= 15 is 0 Å². The zero-order valence-corrected chi connectivity index (χ0v) is 18.4. The van der Waals surface area contributed by atoms with Crippen molar-refractivity contribution >= 4 is 28.3 Å². The molecule has 0 aliphatic heterocycles. The predicted octanol–water partition coefficient (Wildman–Crippen LogP) is 4.61. The summed E-state index contributed by atoms with van der Waals surface area (Å²) in [6.45, 7) is 7.84. The number of nitrogens with zero attached hydrogens (tertiary/aromatic N) is 2. The number of amides is 2. The van der Waals surface area contributed by atoms with Crippen LogP contribution < -0.4 is 10.6 Å². The molecule has 0 radical (unpaired) electrons. The van der Waals surface area contributed by atoms with E-state index in [0.29, 0.717) is 10.7 Å². The fraction of sp³-hybridized carbons (Fsp3) is 0.304. The van der Waals surface area contributed by atoms with Crippen LogP contribution >= 0.6 is 11.3 Å². The molecule has 7 heteroatoms. The first-order chi connectivity index (χ1) is 14.4. The van der Waals surface area contributed by atoms with Crippen LogP contribution in [0, 0.1) is 19.8 Å². The number of hydrogen-bond donors (Lipinski definition) is 2. The normalized spacial score (nSPS) is 12.8. The molecule has 0 saturated heterocycles. The van der Waals surface area contributed by atoms with E-state index in [4.69, 9.17) is 0 Å². The van der Waals surface area contributed by atoms with E-state index in [1.807, 2.05) is 70.2 Å². The van der Waals surface area contributed by atoms with Crippen molar-refractivity contribution in [2.75, 3.05) is 5.32 Å². The molecule has 3 aromatic rings. The lowest BCUT2D eigenvalue weighted by Gasteiger charge is -2.23. The molecule has 30 heavy (non-hydrogen) atoms. The molecule has 0 aliphatic rings. The van der Waals surface area contributed by atoms with E-state index in [0.717, 1.165) is 28.1 Å². The average Bonchev–Trinajstić information content (AvgIpc) is 3.20. The third-order valence-electron chi connectivity index (χ3n) is 5.13. The molecule has 6 nitrogen and oxygen atoms in total. The zero-order chi connectivity index (χ0) is 21.7. The molecular formula is C23H26N4O2S. The fourth-order valence-corrected chi connectivity index (χ4v) is 3.77. The van der Waals surface area contributed by atoms with Crippen LogP contribution in [0.25, 0.3) is 10.6 Å². The quantitative estimate of drug-likeness (QED) is 0.583. The molecule has 0 fully saturated rings. The topological polar surface area (TPSA) is 84.0 Å². The van der Waals surface area contributed by atoms with E-state index in [2.05, 4.69) is 20.8 Å². The van der Waals surface area contributed by atoms with E-state index in [-0.39, 0.29) is 17.7 Å². The fourth-order valence-electron chi connectivity index (χ4n) is 3.02. The van der Waals surface area contributed by atoms with Crippen LogP contribution in [-0.2, 0) is 4.79 Å². The Labute approximate surface area is 180 Å². The van der Waals surface area contributed by atoms with Gasteiger partial charge in [-0.3, -0.25) is 14.9 Å². The molecule has 0 aliphatic carbocycles. The van der Waals surface area contributed by atoms with E-state index in [9.17, 15) is 9.59 Å². The van der Waals surface area contributed by atoms with Gasteiger partial charge in [0.2, 0.25) is 11.0 Å². The SMILES string of the molecule is CCC(C)C(NC(=O)c1ccccc1C)C(=O)Nc1nnc(-c2ccc(C)cc2)s1. The van der Waals surface area contributed by atoms with Crippen LogP contribution in [0.5, 0.6) is 0 Å². The first-order valence-electron chi connectivity index (χ1n) is 9.97. The molecule has 2 aromatic carbocycles. The van der Waals surface area contributed by atoms with Crippen molar-refractivity contribution in [3.05, 3.63) is 65.2 Å². The van der Waals surface area contributed by atoms with Crippen LogP contribution in [0.3, 0.4) is 0 Å². The molecule has 2 atom stereocenters. The monoisotopic (exact) mass is 422 g/mol. The van der Waals surface area contributed by atoms with Gasteiger partial charge in [0.25, 0.3) is 5.91 Å². The van der Waals surface area contributed by atoms with Gasteiger partial charge in [0.05, 0.1) is 0 Å². The lowest BCUT2D eigenvalue weighted by Crippen LogP contribution is -2.47. The van der Waals surface area contributed by atoms with Crippen LogP contribution in [0.15, 0.2) is 48.5 Å². The van der Waals surface area contributed by atoms with Gasteiger partial charge in [0, 0.05) is 11.1 Å². The second-order valence-electron chi connectivity index (χ2n) is 7.42. The third kappa shape index (κ3) is 5.10. The molecule has 2 N–H and O–H groups in total. The first-order valence-corrected chi connectivity index (χ1v) is 10.8. The van der Waals surface area contributed by atoms with Gasteiger partial charge in [0.1, 0.15) is 11.0 Å². The Balaban J connectivity index is 1.74. The molecule has 0 spiro atoms. The van der Waals surface area contributed by atoms with Gasteiger partial charge in [-0.1, -0.05) is 79.6 Å². The zero-order valence-electron chi connectivity index (χ0n) is 17.6. The Morgan fingerprint density at radius 1 is 1.03 bits per heavy atom. The van der Waals surface area contributed by atoms with Crippen molar-refractivity contribution in [2.24, 2.45) is 5.92 Å². The Morgan fingerprint density at radius 3 is 2.40 bits per heavy atom. The highest BCUT2D eigenvalue weighted by atomic mass is 32.1. The Kier molecular flexibility index (Phi) is 6.95. The van der Waals surface area contributed by atoms with E-state index in [1.165, 1.54) is 11.3 Å². The lowest BCUT2D eigenvalue weighted by atomic mass is 9.97. The largest absolute Gasteiger partial charge is 0.340 e. The van der Waals surface area contributed by atoms with Gasteiger partial charge < -0.3 is 5.32 Å². The Morgan fingerprint density at radius 2 is 1.73 bits per heavy atom. The van der Waals surface area contributed by atoms with Crippen LogP contribution in [0.2, 0.25) is 0 Å². The summed E-state index contributed by atoms with van der Waals surface area (Å²) >= 11 is 1.31. The Bertz CT molecular complexity index is 1030. The van der Waals surface area contributed by atoms with Gasteiger partial charge in [-0.25, -0.2) is 0 Å². The van der Waals surface area contributed by atoms with Crippen LogP contribution in [0.4, 0.5) is 5.13 Å². The molecule has 1 aromatic heterocycles. The second kappa shape index (κ2) is 9.63. The third-order valence-corrected chi connectivity index (χ3v) is 6.01. The smallest absolute Gasteiger partial charge is 0.252 e.